The second kappa shape index (κ2) is 23.0. The van der Waals surface area contributed by atoms with Crippen LogP contribution in [-0.4, -0.2) is 17.0 Å². The summed E-state index contributed by atoms with van der Waals surface area (Å²) in [5, 5.41) is 8.46. The predicted molar refractivity (Wildman–Crippen MR) is 99.0 cm³/mol. The van der Waals surface area contributed by atoms with E-state index in [1.807, 2.05) is 0 Å². The van der Waals surface area contributed by atoms with Crippen molar-refractivity contribution in [3.8, 4) is 0 Å². The molecule has 0 radical (unpaired) electrons. The van der Waals surface area contributed by atoms with E-state index >= 15 is 0 Å². The number of hydrogen-bond donors (Lipinski definition) is 1. The van der Waals surface area contributed by atoms with Gasteiger partial charge in [0.05, 0.1) is 0 Å². The summed E-state index contributed by atoms with van der Waals surface area (Å²) >= 11 is 5.38. The first-order valence-corrected chi connectivity index (χ1v) is 10.00. The number of carbonyl (C=O) groups is 1. The van der Waals surface area contributed by atoms with Gasteiger partial charge >= 0.3 is 5.97 Å². The Morgan fingerprint density at radius 2 is 1.05 bits per heavy atom. The first-order chi connectivity index (χ1) is 10.7. The summed E-state index contributed by atoms with van der Waals surface area (Å²) in [5.41, 5.74) is 0. The molecule has 22 heavy (non-hydrogen) atoms. The third-order valence-corrected chi connectivity index (χ3v) is 4.00. The van der Waals surface area contributed by atoms with Crippen molar-refractivity contribution >= 4 is 17.6 Å². The van der Waals surface area contributed by atoms with Gasteiger partial charge in [0.25, 0.3) is 0 Å². The van der Waals surface area contributed by atoms with Crippen molar-refractivity contribution < 1.29 is 9.90 Å². The first-order valence-electron chi connectivity index (χ1n) is 9.46. The summed E-state index contributed by atoms with van der Waals surface area (Å²) in [7, 11) is 0. The Bertz CT molecular complexity index is 204. The molecule has 0 bridgehead atoms. The molecule has 0 aromatic rings. The molecule has 1 N–H and O–H groups in total. The lowest BCUT2D eigenvalue weighted by molar-refractivity contribution is -0.137. The Morgan fingerprint density at radius 3 is 1.36 bits per heavy atom. The molecule has 0 atom stereocenters. The maximum Gasteiger partial charge on any atom is 0.303 e. The summed E-state index contributed by atoms with van der Waals surface area (Å²) in [6, 6.07) is 0. The highest BCUT2D eigenvalue weighted by atomic mass is 35.5. The van der Waals surface area contributed by atoms with Crippen LogP contribution in [-0.2, 0) is 4.79 Å². The van der Waals surface area contributed by atoms with E-state index in [2.05, 4.69) is 13.8 Å². The molecular formula is C19H39ClO2. The highest BCUT2D eigenvalue weighted by Gasteiger charge is 1.96. The zero-order valence-corrected chi connectivity index (χ0v) is 15.8. The van der Waals surface area contributed by atoms with Gasteiger partial charge in [0.1, 0.15) is 0 Å². The smallest absolute Gasteiger partial charge is 0.303 e. The lowest BCUT2D eigenvalue weighted by atomic mass is 10.1. The van der Waals surface area contributed by atoms with E-state index in [0.717, 1.165) is 18.7 Å². The van der Waals surface area contributed by atoms with Crippen molar-refractivity contribution in [2.45, 2.75) is 110 Å². The van der Waals surface area contributed by atoms with Gasteiger partial charge in [-0.3, -0.25) is 4.79 Å². The number of alkyl halides is 1. The maximum atomic E-state index is 10.3. The molecule has 0 aromatic carbocycles. The fourth-order valence-corrected chi connectivity index (χ4v) is 2.47. The Kier molecular flexibility index (Phi) is 25.1. The summed E-state index contributed by atoms with van der Waals surface area (Å²) in [4.78, 5) is 10.3. The van der Waals surface area contributed by atoms with Crippen LogP contribution in [0.5, 0.6) is 0 Å². The minimum Gasteiger partial charge on any atom is -0.481 e. The molecule has 0 heterocycles. The van der Waals surface area contributed by atoms with Crippen LogP contribution < -0.4 is 0 Å². The second-order valence-corrected chi connectivity index (χ2v) is 6.45. The van der Waals surface area contributed by atoms with Crippen LogP contribution in [0.15, 0.2) is 0 Å². The number of rotatable bonds is 15. The topological polar surface area (TPSA) is 37.3 Å². The molecule has 0 saturated heterocycles. The largest absolute Gasteiger partial charge is 0.481 e. The van der Waals surface area contributed by atoms with Gasteiger partial charge in [0.15, 0.2) is 0 Å². The molecule has 0 unspecified atom stereocenters. The van der Waals surface area contributed by atoms with E-state index in [-0.39, 0.29) is 0 Å². The zero-order valence-electron chi connectivity index (χ0n) is 15.0. The average molecular weight is 335 g/mol. The number of aliphatic carboxylic acids is 1. The Labute approximate surface area is 144 Å². The molecule has 0 aliphatic carbocycles. The fourth-order valence-electron chi connectivity index (χ4n) is 2.28. The highest BCUT2D eigenvalue weighted by molar-refractivity contribution is 6.17. The molecule has 0 aromatic heterocycles. The van der Waals surface area contributed by atoms with E-state index in [9.17, 15) is 4.79 Å². The zero-order chi connectivity index (χ0) is 16.9. The number of carboxylic acids is 1. The first kappa shape index (κ1) is 24.0. The van der Waals surface area contributed by atoms with E-state index in [4.69, 9.17) is 16.7 Å². The number of carboxylic acid groups (broad SMARTS) is 1. The molecule has 0 rings (SSSR count). The van der Waals surface area contributed by atoms with Gasteiger partial charge in [0.2, 0.25) is 0 Å². The van der Waals surface area contributed by atoms with E-state index < -0.39 is 5.97 Å². The van der Waals surface area contributed by atoms with Gasteiger partial charge in [-0.15, -0.1) is 11.6 Å². The minimum atomic E-state index is -0.657. The van der Waals surface area contributed by atoms with Gasteiger partial charge in [-0.1, -0.05) is 90.9 Å². The molecule has 0 fully saturated rings. The van der Waals surface area contributed by atoms with Crippen LogP contribution in [0.25, 0.3) is 0 Å². The molecular weight excluding hydrogens is 296 g/mol. The molecule has 0 amide bonds. The van der Waals surface area contributed by atoms with Crippen molar-refractivity contribution in [1.82, 2.24) is 0 Å². The van der Waals surface area contributed by atoms with Gasteiger partial charge in [0, 0.05) is 12.3 Å². The third kappa shape index (κ3) is 28.0. The molecule has 0 spiro atoms. The SMILES string of the molecule is CCCCCCCCCCCCCC(=O)O.CCCCCCl. The lowest BCUT2D eigenvalue weighted by Crippen LogP contribution is -1.93. The Balaban J connectivity index is 0. The molecule has 3 heteroatoms. The number of unbranched alkanes of at least 4 members (excludes halogenated alkanes) is 12. The molecule has 0 aliphatic rings. The van der Waals surface area contributed by atoms with Crippen molar-refractivity contribution in [2.24, 2.45) is 0 Å². The fraction of sp³-hybridized carbons (Fsp3) is 0.947. The molecule has 2 nitrogen and oxygen atoms in total. The van der Waals surface area contributed by atoms with Crippen LogP contribution >= 0.6 is 11.6 Å². The van der Waals surface area contributed by atoms with Crippen LogP contribution in [0.4, 0.5) is 0 Å². The van der Waals surface area contributed by atoms with Crippen LogP contribution in [0.3, 0.4) is 0 Å². The van der Waals surface area contributed by atoms with E-state index in [1.165, 1.54) is 77.0 Å². The standard InChI is InChI=1S/C14H28O2.C5H11Cl/c1-2-3-4-5-6-7-8-9-10-11-12-13-14(15)16;1-2-3-4-5-6/h2-13H2,1H3,(H,15,16);2-5H2,1H3. The molecule has 134 valence electrons. The van der Waals surface area contributed by atoms with Crippen LogP contribution in [0.1, 0.15) is 110 Å². The van der Waals surface area contributed by atoms with Crippen molar-refractivity contribution in [1.29, 1.82) is 0 Å². The van der Waals surface area contributed by atoms with Crippen molar-refractivity contribution in [3.05, 3.63) is 0 Å². The third-order valence-electron chi connectivity index (χ3n) is 3.73. The monoisotopic (exact) mass is 334 g/mol. The quantitative estimate of drug-likeness (QED) is 0.254. The summed E-state index contributed by atoms with van der Waals surface area (Å²) in [6.07, 6.45) is 18.1. The van der Waals surface area contributed by atoms with E-state index in [1.54, 1.807) is 0 Å². The predicted octanol–water partition coefficient (Wildman–Crippen LogP) is 7.19. The normalized spacial score (nSPS) is 10.1. The van der Waals surface area contributed by atoms with Gasteiger partial charge in [-0.05, 0) is 12.8 Å². The molecule has 0 saturated carbocycles. The van der Waals surface area contributed by atoms with E-state index in [0.29, 0.717) is 6.42 Å². The Hall–Kier alpha value is -0.240. The van der Waals surface area contributed by atoms with Crippen LogP contribution in [0.2, 0.25) is 0 Å². The summed E-state index contributed by atoms with van der Waals surface area (Å²) in [5.74, 6) is 0.171. The van der Waals surface area contributed by atoms with Gasteiger partial charge < -0.3 is 5.11 Å². The van der Waals surface area contributed by atoms with Crippen molar-refractivity contribution in [3.63, 3.8) is 0 Å². The van der Waals surface area contributed by atoms with Crippen molar-refractivity contribution in [2.75, 3.05) is 5.88 Å². The number of hydrogen-bond acceptors (Lipinski definition) is 1. The summed E-state index contributed by atoms with van der Waals surface area (Å²) in [6.45, 7) is 4.42. The van der Waals surface area contributed by atoms with Crippen LogP contribution in [0, 0.1) is 0 Å². The number of halogens is 1. The summed E-state index contributed by atoms with van der Waals surface area (Å²) < 4.78 is 0. The maximum absolute atomic E-state index is 10.3. The minimum absolute atomic E-state index is 0.344. The highest BCUT2D eigenvalue weighted by Crippen LogP contribution is 2.11. The lowest BCUT2D eigenvalue weighted by Gasteiger charge is -2.01. The van der Waals surface area contributed by atoms with Gasteiger partial charge in [-0.25, -0.2) is 0 Å². The Morgan fingerprint density at radius 1 is 0.682 bits per heavy atom. The average Bonchev–Trinajstić information content (AvgIpc) is 2.51. The van der Waals surface area contributed by atoms with Gasteiger partial charge in [-0.2, -0.15) is 0 Å². The molecule has 0 aliphatic heterocycles. The second-order valence-electron chi connectivity index (χ2n) is 6.08.